The third-order valence-corrected chi connectivity index (χ3v) is 9.93. The van der Waals surface area contributed by atoms with E-state index in [9.17, 15) is 27.2 Å². The van der Waals surface area contributed by atoms with E-state index in [2.05, 4.69) is 20.6 Å². The number of likely N-dealkylation sites (tertiary alicyclic amines) is 2. The molecule has 0 spiro atoms. The minimum atomic E-state index is -2.72. The number of imidazole rings is 2. The summed E-state index contributed by atoms with van der Waals surface area (Å²) in [5.41, 5.74) is 5.24. The highest BCUT2D eigenvalue weighted by Crippen LogP contribution is 2.32. The number of hydrogen-bond acceptors (Lipinski definition) is 4. The second-order valence-electron chi connectivity index (χ2n) is 14.5. The zero-order valence-corrected chi connectivity index (χ0v) is 29.9. The van der Waals surface area contributed by atoms with Gasteiger partial charge in [-0.1, -0.05) is 76.2 Å². The molecule has 10 nitrogen and oxygen atoms in total. The smallest absolute Gasteiger partial charge is 0.318 e. The molecule has 2 aliphatic rings. The SMILES string of the molecule is CC(C)[C@H](NC(=O)N1CCC(F)(F)CC1)c1nc(-c2ccc(-c3ccc(-c4c[nH]c([C@@H](NC(=O)N5CCC(F)(F)CC5)C(C)C)n4)cc3)cc2)c[nH]1. The van der Waals surface area contributed by atoms with Crippen LogP contribution in [0.4, 0.5) is 27.2 Å². The fraction of sp³-hybridized carbons (Fsp3) is 0.474. The molecule has 278 valence electrons. The third kappa shape index (κ3) is 8.59. The van der Waals surface area contributed by atoms with Crippen LogP contribution < -0.4 is 10.6 Å². The van der Waals surface area contributed by atoms with Crippen molar-refractivity contribution in [1.29, 1.82) is 0 Å². The summed E-state index contributed by atoms with van der Waals surface area (Å²) in [6.45, 7) is 7.94. The van der Waals surface area contributed by atoms with Gasteiger partial charge in [-0.25, -0.2) is 37.1 Å². The van der Waals surface area contributed by atoms with Crippen LogP contribution >= 0.6 is 0 Å². The predicted octanol–water partition coefficient (Wildman–Crippen LogP) is 8.41. The van der Waals surface area contributed by atoms with E-state index >= 15 is 0 Å². The van der Waals surface area contributed by atoms with Crippen LogP contribution in [0, 0.1) is 11.8 Å². The highest BCUT2D eigenvalue weighted by Gasteiger charge is 2.37. The molecule has 6 rings (SSSR count). The summed E-state index contributed by atoms with van der Waals surface area (Å²) >= 11 is 0. The Bertz CT molecular complexity index is 1680. The van der Waals surface area contributed by atoms with E-state index < -0.39 is 23.9 Å². The standard InChI is InChI=1S/C38H46F4N8O2/c1-23(2)31(47-35(51)49-17-13-37(39,40)14-18-49)33-43-21-29(45-33)27-9-5-25(6-10-27)26-7-11-28(12-8-26)30-22-44-34(46-30)32(24(3)4)48-36(52)50-19-15-38(41,42)16-20-50/h5-12,21-24,31-32H,13-20H2,1-4H3,(H,43,45)(H,44,46)(H,47,51)(H,48,52)/t31-,32-/m0/s1. The van der Waals surface area contributed by atoms with Gasteiger partial charge in [-0.3, -0.25) is 0 Å². The highest BCUT2D eigenvalue weighted by molar-refractivity contribution is 5.76. The van der Waals surface area contributed by atoms with Gasteiger partial charge in [0.2, 0.25) is 0 Å². The Morgan fingerprint density at radius 3 is 1.21 bits per heavy atom. The number of alkyl halides is 4. The number of carbonyl (C=O) groups excluding carboxylic acids is 2. The number of H-pyrrole nitrogens is 2. The Balaban J connectivity index is 1.08. The second-order valence-corrected chi connectivity index (χ2v) is 14.5. The molecular weight excluding hydrogens is 676 g/mol. The van der Waals surface area contributed by atoms with Crippen molar-refractivity contribution >= 4 is 12.1 Å². The molecule has 2 atom stereocenters. The summed E-state index contributed by atoms with van der Waals surface area (Å²) < 4.78 is 54.4. The average molecular weight is 723 g/mol. The van der Waals surface area contributed by atoms with E-state index in [-0.39, 0.29) is 75.8 Å². The molecule has 0 aliphatic carbocycles. The molecule has 4 N–H and O–H groups in total. The molecule has 2 aromatic carbocycles. The van der Waals surface area contributed by atoms with Crippen molar-refractivity contribution in [2.45, 2.75) is 77.3 Å². The lowest BCUT2D eigenvalue weighted by Crippen LogP contribution is -2.48. The van der Waals surface area contributed by atoms with E-state index in [1.165, 1.54) is 9.80 Å². The normalized spacial score (nSPS) is 18.3. The van der Waals surface area contributed by atoms with Gasteiger partial charge in [-0.15, -0.1) is 0 Å². The summed E-state index contributed by atoms with van der Waals surface area (Å²) in [5.74, 6) is -4.24. The zero-order chi connectivity index (χ0) is 37.2. The van der Waals surface area contributed by atoms with Crippen LogP contribution in [0.25, 0.3) is 33.6 Å². The number of benzene rings is 2. The van der Waals surface area contributed by atoms with Gasteiger partial charge in [0, 0.05) is 75.4 Å². The quantitative estimate of drug-likeness (QED) is 0.130. The molecule has 0 saturated carbocycles. The molecule has 0 bridgehead atoms. The number of rotatable bonds is 9. The summed E-state index contributed by atoms with van der Waals surface area (Å²) in [6.07, 6.45) is 2.26. The molecule has 0 unspecified atom stereocenters. The van der Waals surface area contributed by atoms with Crippen molar-refractivity contribution in [3.63, 3.8) is 0 Å². The van der Waals surface area contributed by atoms with Crippen LogP contribution in [-0.2, 0) is 0 Å². The van der Waals surface area contributed by atoms with Gasteiger partial charge in [0.15, 0.2) is 0 Å². The van der Waals surface area contributed by atoms with Crippen LogP contribution in [0.5, 0.6) is 0 Å². The van der Waals surface area contributed by atoms with Crippen LogP contribution in [0.15, 0.2) is 60.9 Å². The lowest BCUT2D eigenvalue weighted by molar-refractivity contribution is -0.0479. The molecule has 4 heterocycles. The minimum absolute atomic E-state index is 0.00929. The van der Waals surface area contributed by atoms with Crippen molar-refractivity contribution in [3.05, 3.63) is 72.6 Å². The molecule has 2 aliphatic heterocycles. The van der Waals surface area contributed by atoms with E-state index in [0.717, 1.165) is 33.6 Å². The van der Waals surface area contributed by atoms with E-state index in [0.29, 0.717) is 11.6 Å². The maximum Gasteiger partial charge on any atom is 0.318 e. The molecule has 4 amide bonds. The molecule has 2 fully saturated rings. The Morgan fingerprint density at radius 1 is 0.596 bits per heavy atom. The van der Waals surface area contributed by atoms with Gasteiger partial charge >= 0.3 is 12.1 Å². The first-order valence-electron chi connectivity index (χ1n) is 17.9. The Morgan fingerprint density at radius 2 is 0.904 bits per heavy atom. The van der Waals surface area contributed by atoms with E-state index in [1.807, 2.05) is 76.2 Å². The van der Waals surface area contributed by atoms with Crippen LogP contribution in [0.2, 0.25) is 0 Å². The number of piperidine rings is 2. The molecule has 0 radical (unpaired) electrons. The number of aromatic amines is 2. The molecule has 4 aromatic rings. The third-order valence-electron chi connectivity index (χ3n) is 9.93. The second kappa shape index (κ2) is 15.0. The topological polar surface area (TPSA) is 122 Å². The first-order chi connectivity index (χ1) is 24.7. The van der Waals surface area contributed by atoms with Gasteiger partial charge in [0.1, 0.15) is 11.6 Å². The fourth-order valence-electron chi connectivity index (χ4n) is 6.58. The van der Waals surface area contributed by atoms with Crippen LogP contribution in [0.1, 0.15) is 77.1 Å². The molecular formula is C38H46F4N8O2. The molecule has 2 saturated heterocycles. The maximum absolute atomic E-state index is 13.6. The zero-order valence-electron chi connectivity index (χ0n) is 29.9. The number of urea groups is 2. The lowest BCUT2D eigenvalue weighted by Gasteiger charge is -2.33. The van der Waals surface area contributed by atoms with E-state index in [1.54, 1.807) is 12.4 Å². The van der Waals surface area contributed by atoms with Gasteiger partial charge in [0.25, 0.3) is 11.8 Å². The summed E-state index contributed by atoms with van der Waals surface area (Å²) in [4.78, 5) is 44.6. The first-order valence-corrected chi connectivity index (χ1v) is 17.9. The van der Waals surface area contributed by atoms with Crippen molar-refractivity contribution < 1.29 is 27.2 Å². The lowest BCUT2D eigenvalue weighted by atomic mass is 10.0. The Kier molecular flexibility index (Phi) is 10.6. The number of carbonyl (C=O) groups is 2. The summed E-state index contributed by atoms with van der Waals surface area (Å²) in [5, 5.41) is 5.96. The first kappa shape index (κ1) is 36.9. The number of aromatic nitrogens is 4. The highest BCUT2D eigenvalue weighted by atomic mass is 19.3. The number of halogens is 4. The van der Waals surface area contributed by atoms with Crippen molar-refractivity contribution in [2.75, 3.05) is 26.2 Å². The Labute approximate surface area is 300 Å². The number of nitrogens with one attached hydrogen (secondary N) is 4. The number of amides is 4. The molecule has 52 heavy (non-hydrogen) atoms. The van der Waals surface area contributed by atoms with E-state index in [4.69, 9.17) is 9.97 Å². The van der Waals surface area contributed by atoms with Crippen molar-refractivity contribution in [3.8, 4) is 33.6 Å². The van der Waals surface area contributed by atoms with Crippen LogP contribution in [0.3, 0.4) is 0 Å². The fourth-order valence-corrected chi connectivity index (χ4v) is 6.58. The van der Waals surface area contributed by atoms with Crippen molar-refractivity contribution in [2.24, 2.45) is 11.8 Å². The monoisotopic (exact) mass is 722 g/mol. The van der Waals surface area contributed by atoms with Gasteiger partial charge in [0.05, 0.1) is 23.5 Å². The number of nitrogens with zero attached hydrogens (tertiary/aromatic N) is 4. The predicted molar refractivity (Wildman–Crippen MR) is 191 cm³/mol. The maximum atomic E-state index is 13.6. The minimum Gasteiger partial charge on any atom is -0.346 e. The van der Waals surface area contributed by atoms with Gasteiger partial charge in [-0.05, 0) is 23.0 Å². The van der Waals surface area contributed by atoms with Crippen molar-refractivity contribution in [1.82, 2.24) is 40.4 Å². The van der Waals surface area contributed by atoms with Gasteiger partial charge in [-0.2, -0.15) is 0 Å². The summed E-state index contributed by atoms with van der Waals surface area (Å²) in [6, 6.07) is 14.4. The number of hydrogen-bond donors (Lipinski definition) is 4. The molecule has 14 heteroatoms. The largest absolute Gasteiger partial charge is 0.346 e. The van der Waals surface area contributed by atoms with Gasteiger partial charge < -0.3 is 30.4 Å². The molecule has 2 aromatic heterocycles. The average Bonchev–Trinajstić information content (AvgIpc) is 3.80. The summed E-state index contributed by atoms with van der Waals surface area (Å²) in [7, 11) is 0. The van der Waals surface area contributed by atoms with Crippen LogP contribution in [-0.4, -0.2) is 79.8 Å². The Hall–Kier alpha value is -4.88.